The van der Waals surface area contributed by atoms with Gasteiger partial charge in [0.25, 0.3) is 0 Å². The summed E-state index contributed by atoms with van der Waals surface area (Å²) in [6.07, 6.45) is 0.602. The SMILES string of the molecule is O=[N+]([O-])c1ccc(COc2ccc(CCO)cc2)o1. The van der Waals surface area contributed by atoms with Crippen LogP contribution in [0.1, 0.15) is 11.3 Å². The van der Waals surface area contributed by atoms with E-state index in [-0.39, 0.29) is 19.1 Å². The van der Waals surface area contributed by atoms with Crippen LogP contribution in [0.4, 0.5) is 5.88 Å². The minimum absolute atomic E-state index is 0.107. The molecule has 1 N–H and O–H groups in total. The third-order valence-corrected chi connectivity index (χ3v) is 2.53. The van der Waals surface area contributed by atoms with E-state index in [0.717, 1.165) is 5.56 Å². The van der Waals surface area contributed by atoms with Crippen molar-refractivity contribution < 1.29 is 19.2 Å². The number of rotatable bonds is 6. The third kappa shape index (κ3) is 3.56. The van der Waals surface area contributed by atoms with Crippen molar-refractivity contribution in [3.05, 3.63) is 57.8 Å². The van der Waals surface area contributed by atoms with Gasteiger partial charge in [-0.1, -0.05) is 12.1 Å². The molecule has 0 radical (unpaired) electrons. The molecule has 6 heteroatoms. The largest absolute Gasteiger partial charge is 0.486 e. The number of nitrogens with zero attached hydrogens (tertiary/aromatic N) is 1. The Kier molecular flexibility index (Phi) is 4.15. The summed E-state index contributed by atoms with van der Waals surface area (Å²) in [5.74, 6) is 0.740. The van der Waals surface area contributed by atoms with Gasteiger partial charge in [0.1, 0.15) is 23.0 Å². The molecule has 0 fully saturated rings. The van der Waals surface area contributed by atoms with Crippen LogP contribution in [0.2, 0.25) is 0 Å². The first-order chi connectivity index (χ1) is 9.19. The molecule has 0 bridgehead atoms. The van der Waals surface area contributed by atoms with Gasteiger partial charge in [0, 0.05) is 6.61 Å². The monoisotopic (exact) mass is 263 g/mol. The van der Waals surface area contributed by atoms with Crippen LogP contribution in [0.5, 0.6) is 5.75 Å². The molecule has 0 unspecified atom stereocenters. The maximum atomic E-state index is 10.4. The van der Waals surface area contributed by atoms with Gasteiger partial charge in [-0.25, -0.2) is 0 Å². The van der Waals surface area contributed by atoms with Gasteiger partial charge in [-0.2, -0.15) is 0 Å². The molecule has 0 spiro atoms. The average Bonchev–Trinajstić information content (AvgIpc) is 2.87. The van der Waals surface area contributed by atoms with Gasteiger partial charge >= 0.3 is 5.88 Å². The minimum Gasteiger partial charge on any atom is -0.486 e. The predicted octanol–water partition coefficient (Wildman–Crippen LogP) is 2.30. The molecule has 0 aliphatic carbocycles. The Bertz CT molecular complexity index is 546. The van der Waals surface area contributed by atoms with E-state index < -0.39 is 4.92 Å². The molecule has 1 aromatic heterocycles. The van der Waals surface area contributed by atoms with E-state index in [1.165, 1.54) is 12.1 Å². The average molecular weight is 263 g/mol. The molecule has 2 rings (SSSR count). The standard InChI is InChI=1S/C13H13NO5/c15-8-7-10-1-3-11(4-2-10)18-9-12-5-6-13(19-12)14(16)17/h1-6,15H,7-9H2. The van der Waals surface area contributed by atoms with Gasteiger partial charge in [0.15, 0.2) is 0 Å². The Balaban J connectivity index is 1.92. The number of aliphatic hydroxyl groups excluding tert-OH is 1. The lowest BCUT2D eigenvalue weighted by Gasteiger charge is -2.04. The summed E-state index contributed by atoms with van der Waals surface area (Å²) < 4.78 is 10.4. The fourth-order valence-electron chi connectivity index (χ4n) is 1.58. The zero-order valence-electron chi connectivity index (χ0n) is 10.1. The molecule has 100 valence electrons. The molecular weight excluding hydrogens is 250 g/mol. The fraction of sp³-hybridized carbons (Fsp3) is 0.231. The highest BCUT2D eigenvalue weighted by Crippen LogP contribution is 2.18. The number of benzene rings is 1. The minimum atomic E-state index is -0.590. The number of furan rings is 1. The van der Waals surface area contributed by atoms with E-state index in [1.807, 2.05) is 12.1 Å². The van der Waals surface area contributed by atoms with Crippen molar-refractivity contribution in [2.75, 3.05) is 6.61 Å². The highest BCUT2D eigenvalue weighted by atomic mass is 16.6. The molecule has 19 heavy (non-hydrogen) atoms. The molecule has 0 aliphatic heterocycles. The molecular formula is C13H13NO5. The van der Waals surface area contributed by atoms with E-state index in [2.05, 4.69) is 0 Å². The van der Waals surface area contributed by atoms with Gasteiger partial charge in [0.05, 0.1) is 6.07 Å². The lowest BCUT2D eigenvalue weighted by atomic mass is 10.1. The smallest absolute Gasteiger partial charge is 0.433 e. The van der Waals surface area contributed by atoms with Crippen molar-refractivity contribution in [2.45, 2.75) is 13.0 Å². The van der Waals surface area contributed by atoms with Crippen molar-refractivity contribution in [1.29, 1.82) is 0 Å². The second-order valence-corrected chi connectivity index (χ2v) is 3.90. The first kappa shape index (κ1) is 13.1. The first-order valence-corrected chi connectivity index (χ1v) is 5.75. The molecule has 1 aromatic carbocycles. The molecule has 0 atom stereocenters. The van der Waals surface area contributed by atoms with Crippen LogP contribution in [-0.2, 0) is 13.0 Å². The van der Waals surface area contributed by atoms with Gasteiger partial charge in [-0.05, 0) is 30.2 Å². The van der Waals surface area contributed by atoms with Crippen LogP contribution in [0.25, 0.3) is 0 Å². The summed E-state index contributed by atoms with van der Waals surface area (Å²) >= 11 is 0. The number of ether oxygens (including phenoxy) is 1. The molecule has 0 saturated carbocycles. The maximum Gasteiger partial charge on any atom is 0.433 e. The van der Waals surface area contributed by atoms with Crippen LogP contribution >= 0.6 is 0 Å². The normalized spacial score (nSPS) is 10.4. The predicted molar refractivity (Wildman–Crippen MR) is 66.9 cm³/mol. The lowest BCUT2D eigenvalue weighted by Crippen LogP contribution is -1.95. The van der Waals surface area contributed by atoms with E-state index in [9.17, 15) is 10.1 Å². The van der Waals surface area contributed by atoms with Crippen LogP contribution in [0.15, 0.2) is 40.8 Å². The van der Waals surface area contributed by atoms with E-state index >= 15 is 0 Å². The number of aliphatic hydroxyl groups is 1. The zero-order valence-corrected chi connectivity index (χ0v) is 10.1. The summed E-state index contributed by atoms with van der Waals surface area (Å²) in [5.41, 5.74) is 1.02. The Labute approximate surface area is 109 Å². The maximum absolute atomic E-state index is 10.4. The van der Waals surface area contributed by atoms with Gasteiger partial charge in [-0.3, -0.25) is 10.1 Å². The Hall–Kier alpha value is -2.34. The summed E-state index contributed by atoms with van der Waals surface area (Å²) in [6, 6.07) is 10.1. The molecule has 0 saturated heterocycles. The van der Waals surface area contributed by atoms with Crippen molar-refractivity contribution in [1.82, 2.24) is 0 Å². The van der Waals surface area contributed by atoms with Crippen molar-refractivity contribution in [3.63, 3.8) is 0 Å². The summed E-state index contributed by atoms with van der Waals surface area (Å²) in [5, 5.41) is 19.2. The molecule has 0 aliphatic rings. The van der Waals surface area contributed by atoms with Crippen LogP contribution in [0, 0.1) is 10.1 Å². The third-order valence-electron chi connectivity index (χ3n) is 2.53. The van der Waals surface area contributed by atoms with E-state index in [0.29, 0.717) is 17.9 Å². The van der Waals surface area contributed by atoms with Gasteiger partial charge in [-0.15, -0.1) is 0 Å². The fourth-order valence-corrected chi connectivity index (χ4v) is 1.58. The number of nitro groups is 1. The molecule has 0 amide bonds. The van der Waals surface area contributed by atoms with Crippen molar-refractivity contribution in [3.8, 4) is 5.75 Å². The molecule has 2 aromatic rings. The van der Waals surface area contributed by atoms with Crippen LogP contribution in [0.3, 0.4) is 0 Å². The highest BCUT2D eigenvalue weighted by Gasteiger charge is 2.11. The van der Waals surface area contributed by atoms with Crippen molar-refractivity contribution in [2.24, 2.45) is 0 Å². The van der Waals surface area contributed by atoms with Crippen LogP contribution < -0.4 is 4.74 Å². The topological polar surface area (TPSA) is 85.7 Å². The number of hydrogen-bond acceptors (Lipinski definition) is 5. The van der Waals surface area contributed by atoms with E-state index in [1.54, 1.807) is 12.1 Å². The molecule has 1 heterocycles. The molecule has 6 nitrogen and oxygen atoms in total. The van der Waals surface area contributed by atoms with Crippen LogP contribution in [-0.4, -0.2) is 16.6 Å². The summed E-state index contributed by atoms with van der Waals surface area (Å²) in [6.45, 7) is 0.240. The van der Waals surface area contributed by atoms with Gasteiger partial charge < -0.3 is 14.3 Å². The Morgan fingerprint density at radius 3 is 2.53 bits per heavy atom. The first-order valence-electron chi connectivity index (χ1n) is 5.75. The Morgan fingerprint density at radius 1 is 1.21 bits per heavy atom. The number of hydrogen-bond donors (Lipinski definition) is 1. The zero-order chi connectivity index (χ0) is 13.7. The second kappa shape index (κ2) is 6.01. The van der Waals surface area contributed by atoms with Crippen molar-refractivity contribution >= 4 is 5.88 Å². The van der Waals surface area contributed by atoms with E-state index in [4.69, 9.17) is 14.3 Å². The second-order valence-electron chi connectivity index (χ2n) is 3.90. The van der Waals surface area contributed by atoms with Gasteiger partial charge in [0.2, 0.25) is 0 Å². The Morgan fingerprint density at radius 2 is 1.95 bits per heavy atom. The lowest BCUT2D eigenvalue weighted by molar-refractivity contribution is -0.402. The highest BCUT2D eigenvalue weighted by molar-refractivity contribution is 5.27. The summed E-state index contributed by atoms with van der Waals surface area (Å²) in [4.78, 5) is 9.85. The summed E-state index contributed by atoms with van der Waals surface area (Å²) in [7, 11) is 0. The quantitative estimate of drug-likeness (QED) is 0.638.